The Morgan fingerprint density at radius 3 is 1.86 bits per heavy atom. The van der Waals surface area contributed by atoms with Gasteiger partial charge >= 0.3 is 0 Å². The number of nitrogens with zero attached hydrogens (tertiary/aromatic N) is 1. The number of halogens is 2. The molecule has 0 aromatic heterocycles. The lowest BCUT2D eigenvalue weighted by Crippen LogP contribution is -2.47. The van der Waals surface area contributed by atoms with Crippen LogP contribution in [0, 0.1) is 12.8 Å². The Morgan fingerprint density at radius 1 is 0.886 bits per heavy atom. The van der Waals surface area contributed by atoms with Crippen molar-refractivity contribution in [3.63, 3.8) is 0 Å². The molecular weight excluding hydrogens is 487 g/mol. The average molecular weight is 511 g/mol. The largest absolute Gasteiger partial charge is 0.457 e. The van der Waals surface area contributed by atoms with E-state index >= 15 is 0 Å². The topological polar surface area (TPSA) is 75.7 Å². The predicted octanol–water partition coefficient (Wildman–Crippen LogP) is 6.74. The van der Waals surface area contributed by atoms with Gasteiger partial charge in [0.25, 0.3) is 11.8 Å². The molecule has 1 aliphatic rings. The molecule has 0 bridgehead atoms. The van der Waals surface area contributed by atoms with Crippen LogP contribution in [-0.4, -0.2) is 28.7 Å². The van der Waals surface area contributed by atoms with Crippen molar-refractivity contribution < 1.29 is 19.1 Å². The van der Waals surface area contributed by atoms with Gasteiger partial charge < -0.3 is 10.1 Å². The van der Waals surface area contributed by atoms with Crippen LogP contribution in [0.15, 0.2) is 60.7 Å². The molecule has 0 radical (unpaired) electrons. The molecule has 0 spiro atoms. The third-order valence-corrected chi connectivity index (χ3v) is 6.37. The zero-order valence-corrected chi connectivity index (χ0v) is 21.0. The highest BCUT2D eigenvalue weighted by Gasteiger charge is 2.43. The number of rotatable bonds is 7. The third-order valence-electron chi connectivity index (χ3n) is 5.65. The van der Waals surface area contributed by atoms with Crippen LogP contribution in [0.3, 0.4) is 0 Å². The van der Waals surface area contributed by atoms with Crippen molar-refractivity contribution in [1.82, 2.24) is 4.90 Å². The number of aryl methyl sites for hydroxylation is 1. The number of ether oxygens (including phenoxy) is 1. The number of hydrogen-bond donors (Lipinski definition) is 1. The number of amides is 3. The van der Waals surface area contributed by atoms with Gasteiger partial charge in [0, 0.05) is 5.69 Å². The van der Waals surface area contributed by atoms with Gasteiger partial charge in [0.2, 0.25) is 5.91 Å². The molecule has 1 heterocycles. The fraction of sp³-hybridized carbons (Fsp3) is 0.222. The van der Waals surface area contributed by atoms with Crippen LogP contribution in [0.2, 0.25) is 10.0 Å². The summed E-state index contributed by atoms with van der Waals surface area (Å²) in [7, 11) is 0. The Balaban J connectivity index is 1.52. The first-order valence-corrected chi connectivity index (χ1v) is 11.9. The van der Waals surface area contributed by atoms with Crippen LogP contribution in [0.25, 0.3) is 0 Å². The summed E-state index contributed by atoms with van der Waals surface area (Å²) in [5.74, 6) is -0.225. The first-order valence-electron chi connectivity index (χ1n) is 11.2. The minimum Gasteiger partial charge on any atom is -0.457 e. The van der Waals surface area contributed by atoms with Crippen LogP contribution in [0.1, 0.15) is 46.5 Å². The number of carbonyl (C=O) groups excluding carboxylic acids is 3. The molecule has 180 valence electrons. The summed E-state index contributed by atoms with van der Waals surface area (Å²) in [5, 5.41) is 3.17. The molecule has 6 nitrogen and oxygen atoms in total. The van der Waals surface area contributed by atoms with Crippen LogP contribution in [-0.2, 0) is 4.79 Å². The molecule has 1 atom stereocenters. The summed E-state index contributed by atoms with van der Waals surface area (Å²) in [6.07, 6.45) is 0.299. The number of benzene rings is 3. The van der Waals surface area contributed by atoms with Crippen molar-refractivity contribution in [1.29, 1.82) is 0 Å². The second-order valence-corrected chi connectivity index (χ2v) is 9.68. The van der Waals surface area contributed by atoms with Gasteiger partial charge in [-0.1, -0.05) is 54.7 Å². The van der Waals surface area contributed by atoms with E-state index in [1.165, 1.54) is 12.1 Å². The maximum absolute atomic E-state index is 13.3. The SMILES string of the molecule is Cc1ccc(Oc2ccc(NC(=O)[C@@H](CC(C)C)N3C(=O)c4cc(Cl)c(Cl)cc4C3=O)cc2)cc1. The first kappa shape index (κ1) is 24.8. The van der Waals surface area contributed by atoms with Crippen molar-refractivity contribution in [3.05, 3.63) is 87.4 Å². The summed E-state index contributed by atoms with van der Waals surface area (Å²) < 4.78 is 5.83. The lowest BCUT2D eigenvalue weighted by atomic mass is 10.0. The van der Waals surface area contributed by atoms with Crippen LogP contribution < -0.4 is 10.1 Å². The average Bonchev–Trinajstić information content (AvgIpc) is 3.04. The Bertz CT molecular complexity index is 1250. The van der Waals surface area contributed by atoms with E-state index in [1.807, 2.05) is 45.0 Å². The normalized spacial score (nSPS) is 13.7. The summed E-state index contributed by atoms with van der Waals surface area (Å²) in [4.78, 5) is 40.5. The molecule has 0 saturated carbocycles. The van der Waals surface area contributed by atoms with Gasteiger partial charge in [-0.2, -0.15) is 0 Å². The number of imide groups is 1. The highest BCUT2D eigenvalue weighted by molar-refractivity contribution is 6.43. The summed E-state index contributed by atoms with van der Waals surface area (Å²) in [6, 6.07) is 16.3. The molecule has 0 aliphatic carbocycles. The predicted molar refractivity (Wildman–Crippen MR) is 137 cm³/mol. The molecule has 0 unspecified atom stereocenters. The van der Waals surface area contributed by atoms with Gasteiger partial charge in [0.15, 0.2) is 0 Å². The fourth-order valence-electron chi connectivity index (χ4n) is 3.89. The fourth-order valence-corrected chi connectivity index (χ4v) is 4.21. The third kappa shape index (κ3) is 5.34. The molecular formula is C27H24Cl2N2O4. The number of anilines is 1. The second-order valence-electron chi connectivity index (χ2n) is 8.87. The van der Waals surface area contributed by atoms with Crippen molar-refractivity contribution in [2.24, 2.45) is 5.92 Å². The van der Waals surface area contributed by atoms with Gasteiger partial charge in [-0.25, -0.2) is 0 Å². The molecule has 1 aliphatic heterocycles. The van der Waals surface area contributed by atoms with E-state index < -0.39 is 23.8 Å². The maximum Gasteiger partial charge on any atom is 0.262 e. The second kappa shape index (κ2) is 10.1. The van der Waals surface area contributed by atoms with Crippen molar-refractivity contribution in [2.45, 2.75) is 33.2 Å². The zero-order chi connectivity index (χ0) is 25.3. The molecule has 3 aromatic rings. The maximum atomic E-state index is 13.3. The molecule has 4 rings (SSSR count). The van der Waals surface area contributed by atoms with E-state index in [2.05, 4.69) is 5.32 Å². The van der Waals surface area contributed by atoms with Gasteiger partial charge in [0.1, 0.15) is 17.5 Å². The van der Waals surface area contributed by atoms with E-state index in [-0.39, 0.29) is 27.1 Å². The van der Waals surface area contributed by atoms with Crippen LogP contribution in [0.4, 0.5) is 5.69 Å². The number of hydrogen-bond acceptors (Lipinski definition) is 4. The lowest BCUT2D eigenvalue weighted by molar-refractivity contribution is -0.120. The Labute approximate surface area is 213 Å². The van der Waals surface area contributed by atoms with Crippen LogP contribution in [0.5, 0.6) is 11.5 Å². The van der Waals surface area contributed by atoms with E-state index in [4.69, 9.17) is 27.9 Å². The Morgan fingerprint density at radius 2 is 1.37 bits per heavy atom. The first-order chi connectivity index (χ1) is 16.6. The standard InChI is InChI=1S/C27H24Cl2N2O4/c1-15(2)12-24(31-26(33)20-13-22(28)23(29)14-21(20)27(31)34)25(32)30-17-6-10-19(11-7-17)35-18-8-4-16(3)5-9-18/h4-11,13-15,24H,12H2,1-3H3,(H,30,32)/t24-/m1/s1. The van der Waals surface area contributed by atoms with Gasteiger partial charge in [-0.3, -0.25) is 19.3 Å². The van der Waals surface area contributed by atoms with E-state index in [1.54, 1.807) is 24.3 Å². The summed E-state index contributed by atoms with van der Waals surface area (Å²) in [5.41, 5.74) is 1.94. The van der Waals surface area contributed by atoms with Crippen molar-refractivity contribution in [3.8, 4) is 11.5 Å². The Kier molecular flexibility index (Phi) is 7.15. The molecule has 35 heavy (non-hydrogen) atoms. The van der Waals surface area contributed by atoms with Gasteiger partial charge in [-0.15, -0.1) is 0 Å². The van der Waals surface area contributed by atoms with E-state index in [9.17, 15) is 14.4 Å². The van der Waals surface area contributed by atoms with Gasteiger partial charge in [0.05, 0.1) is 21.2 Å². The molecule has 0 fully saturated rings. The smallest absolute Gasteiger partial charge is 0.262 e. The van der Waals surface area contributed by atoms with Crippen molar-refractivity contribution >= 4 is 46.6 Å². The molecule has 3 amide bonds. The van der Waals surface area contributed by atoms with Gasteiger partial charge in [-0.05, 0) is 67.8 Å². The number of fused-ring (bicyclic) bond motifs is 1. The highest BCUT2D eigenvalue weighted by atomic mass is 35.5. The van der Waals surface area contributed by atoms with E-state index in [0.29, 0.717) is 23.6 Å². The molecule has 3 aromatic carbocycles. The van der Waals surface area contributed by atoms with Crippen LogP contribution >= 0.6 is 23.2 Å². The summed E-state index contributed by atoms with van der Waals surface area (Å²) >= 11 is 12.1. The Hall–Kier alpha value is -3.35. The van der Waals surface area contributed by atoms with E-state index in [0.717, 1.165) is 10.5 Å². The minimum absolute atomic E-state index is 0.0486. The summed E-state index contributed by atoms with van der Waals surface area (Å²) in [6.45, 7) is 5.84. The highest BCUT2D eigenvalue weighted by Crippen LogP contribution is 2.34. The quantitative estimate of drug-likeness (QED) is 0.357. The minimum atomic E-state index is -0.997. The zero-order valence-electron chi connectivity index (χ0n) is 19.5. The number of nitrogens with one attached hydrogen (secondary N) is 1. The molecule has 0 saturated heterocycles. The monoisotopic (exact) mass is 510 g/mol. The molecule has 1 N–H and O–H groups in total. The lowest BCUT2D eigenvalue weighted by Gasteiger charge is -2.26. The van der Waals surface area contributed by atoms with Crippen molar-refractivity contribution in [2.75, 3.05) is 5.32 Å². The number of carbonyl (C=O) groups is 3. The molecule has 8 heteroatoms.